The normalized spacial score (nSPS) is 9.89. The molecule has 18 heavy (non-hydrogen) atoms. The highest BCUT2D eigenvalue weighted by Crippen LogP contribution is 2.06. The lowest BCUT2D eigenvalue weighted by Gasteiger charge is -2.10. The van der Waals surface area contributed by atoms with Gasteiger partial charge in [0.05, 0.1) is 5.56 Å². The van der Waals surface area contributed by atoms with Gasteiger partial charge in [-0.05, 0) is 18.6 Å². The average molecular weight is 250 g/mol. The fourth-order valence-corrected chi connectivity index (χ4v) is 1.36. The third-order valence-electron chi connectivity index (χ3n) is 2.32. The van der Waals surface area contributed by atoms with Crippen LogP contribution in [-0.2, 0) is 4.79 Å². The minimum Gasteiger partial charge on any atom is -0.370 e. The summed E-state index contributed by atoms with van der Waals surface area (Å²) in [4.78, 5) is 27.8. The van der Waals surface area contributed by atoms with Crippen LogP contribution in [0.5, 0.6) is 0 Å². The first-order valence-electron chi connectivity index (χ1n) is 5.70. The van der Waals surface area contributed by atoms with Gasteiger partial charge in [-0.1, -0.05) is 0 Å². The summed E-state index contributed by atoms with van der Waals surface area (Å²) in [6.45, 7) is 0.622. The maximum Gasteiger partial charge on any atom is 0.254 e. The molecule has 1 heterocycles. The Kier molecular flexibility index (Phi) is 5.10. The Labute approximate surface area is 106 Å². The second-order valence-corrected chi connectivity index (χ2v) is 4.13. The SMILES string of the molecule is CN(C)C(=O)c1ccc(NCCCC(N)=O)nc1. The molecule has 0 aliphatic carbocycles. The van der Waals surface area contributed by atoms with Crippen LogP contribution in [0.3, 0.4) is 0 Å². The monoisotopic (exact) mass is 250 g/mol. The molecule has 0 unspecified atom stereocenters. The van der Waals surface area contributed by atoms with Gasteiger partial charge in [-0.15, -0.1) is 0 Å². The first-order chi connectivity index (χ1) is 8.50. The van der Waals surface area contributed by atoms with E-state index in [2.05, 4.69) is 10.3 Å². The van der Waals surface area contributed by atoms with E-state index in [1.54, 1.807) is 26.2 Å². The number of anilines is 1. The molecule has 0 bridgehead atoms. The molecule has 6 heteroatoms. The average Bonchev–Trinajstić information content (AvgIpc) is 2.34. The van der Waals surface area contributed by atoms with Crippen molar-refractivity contribution in [2.24, 2.45) is 5.73 Å². The van der Waals surface area contributed by atoms with E-state index in [-0.39, 0.29) is 11.8 Å². The number of primary amides is 1. The van der Waals surface area contributed by atoms with Crippen LogP contribution in [0.4, 0.5) is 5.82 Å². The Morgan fingerprint density at radius 1 is 1.39 bits per heavy atom. The van der Waals surface area contributed by atoms with Crippen LogP contribution in [0.15, 0.2) is 18.3 Å². The zero-order valence-electron chi connectivity index (χ0n) is 10.6. The highest BCUT2D eigenvalue weighted by Gasteiger charge is 2.07. The van der Waals surface area contributed by atoms with Gasteiger partial charge in [0.25, 0.3) is 5.91 Å². The minimum absolute atomic E-state index is 0.0808. The molecule has 6 nitrogen and oxygen atoms in total. The second-order valence-electron chi connectivity index (χ2n) is 4.13. The Hall–Kier alpha value is -2.11. The number of amides is 2. The van der Waals surface area contributed by atoms with Crippen molar-refractivity contribution in [3.05, 3.63) is 23.9 Å². The van der Waals surface area contributed by atoms with Crippen molar-refractivity contribution in [1.29, 1.82) is 0 Å². The van der Waals surface area contributed by atoms with E-state index in [0.717, 1.165) is 0 Å². The highest BCUT2D eigenvalue weighted by atomic mass is 16.2. The molecule has 98 valence electrons. The summed E-state index contributed by atoms with van der Waals surface area (Å²) in [7, 11) is 3.39. The summed E-state index contributed by atoms with van der Waals surface area (Å²) in [6, 6.07) is 3.45. The maximum atomic E-state index is 11.6. The predicted molar refractivity (Wildman–Crippen MR) is 69.2 cm³/mol. The summed E-state index contributed by atoms with van der Waals surface area (Å²) in [5, 5.41) is 3.05. The van der Waals surface area contributed by atoms with E-state index < -0.39 is 0 Å². The quantitative estimate of drug-likeness (QED) is 0.718. The van der Waals surface area contributed by atoms with Crippen molar-refractivity contribution in [1.82, 2.24) is 9.88 Å². The first kappa shape index (κ1) is 14.0. The van der Waals surface area contributed by atoms with Gasteiger partial charge >= 0.3 is 0 Å². The molecule has 0 aliphatic heterocycles. The van der Waals surface area contributed by atoms with Gasteiger partial charge in [0.1, 0.15) is 5.82 Å². The number of nitrogens with one attached hydrogen (secondary N) is 1. The predicted octanol–water partition coefficient (Wildman–Crippen LogP) is 0.461. The summed E-state index contributed by atoms with van der Waals surface area (Å²) in [6.07, 6.45) is 2.54. The lowest BCUT2D eigenvalue weighted by Crippen LogP contribution is -2.21. The zero-order chi connectivity index (χ0) is 13.5. The number of hydrogen-bond acceptors (Lipinski definition) is 4. The van der Waals surface area contributed by atoms with Crippen LogP contribution in [0.25, 0.3) is 0 Å². The topological polar surface area (TPSA) is 88.3 Å². The summed E-state index contributed by atoms with van der Waals surface area (Å²) >= 11 is 0. The van der Waals surface area contributed by atoms with Crippen LogP contribution in [-0.4, -0.2) is 42.3 Å². The third-order valence-corrected chi connectivity index (χ3v) is 2.32. The Morgan fingerprint density at radius 2 is 2.11 bits per heavy atom. The second kappa shape index (κ2) is 6.58. The maximum absolute atomic E-state index is 11.6. The Morgan fingerprint density at radius 3 is 2.61 bits per heavy atom. The van der Waals surface area contributed by atoms with Gasteiger partial charge in [0, 0.05) is 33.3 Å². The molecule has 1 aromatic heterocycles. The third kappa shape index (κ3) is 4.40. The molecule has 1 rings (SSSR count). The Bertz CT molecular complexity index is 415. The van der Waals surface area contributed by atoms with Gasteiger partial charge in [0.15, 0.2) is 0 Å². The molecule has 1 aromatic rings. The number of aromatic nitrogens is 1. The Balaban J connectivity index is 2.45. The van der Waals surface area contributed by atoms with Crippen LogP contribution < -0.4 is 11.1 Å². The first-order valence-corrected chi connectivity index (χ1v) is 5.70. The summed E-state index contributed by atoms with van der Waals surface area (Å²) in [5.41, 5.74) is 5.57. The molecular weight excluding hydrogens is 232 g/mol. The lowest BCUT2D eigenvalue weighted by atomic mass is 10.2. The van der Waals surface area contributed by atoms with E-state index in [4.69, 9.17) is 5.73 Å². The van der Waals surface area contributed by atoms with Gasteiger partial charge < -0.3 is 16.0 Å². The number of hydrogen-bond donors (Lipinski definition) is 2. The molecule has 0 aliphatic rings. The molecule has 0 spiro atoms. The van der Waals surface area contributed by atoms with E-state index in [0.29, 0.717) is 30.8 Å². The number of nitrogens with two attached hydrogens (primary N) is 1. The van der Waals surface area contributed by atoms with E-state index >= 15 is 0 Å². The van der Waals surface area contributed by atoms with E-state index in [9.17, 15) is 9.59 Å². The summed E-state index contributed by atoms with van der Waals surface area (Å²) in [5.74, 6) is 0.286. The molecule has 0 radical (unpaired) electrons. The lowest BCUT2D eigenvalue weighted by molar-refractivity contribution is -0.118. The smallest absolute Gasteiger partial charge is 0.254 e. The number of nitrogens with zero attached hydrogens (tertiary/aromatic N) is 2. The van der Waals surface area contributed by atoms with Gasteiger partial charge in [-0.3, -0.25) is 9.59 Å². The van der Waals surface area contributed by atoms with Crippen LogP contribution in [0.1, 0.15) is 23.2 Å². The van der Waals surface area contributed by atoms with E-state index in [1.165, 1.54) is 11.1 Å². The zero-order valence-corrected chi connectivity index (χ0v) is 10.6. The number of carbonyl (C=O) groups is 2. The van der Waals surface area contributed by atoms with Crippen LogP contribution >= 0.6 is 0 Å². The van der Waals surface area contributed by atoms with Crippen molar-refractivity contribution in [2.75, 3.05) is 26.0 Å². The van der Waals surface area contributed by atoms with Crippen LogP contribution in [0, 0.1) is 0 Å². The largest absolute Gasteiger partial charge is 0.370 e. The summed E-state index contributed by atoms with van der Waals surface area (Å²) < 4.78 is 0. The fraction of sp³-hybridized carbons (Fsp3) is 0.417. The highest BCUT2D eigenvalue weighted by molar-refractivity contribution is 5.93. The fourth-order valence-electron chi connectivity index (χ4n) is 1.36. The van der Waals surface area contributed by atoms with Crippen molar-refractivity contribution in [3.63, 3.8) is 0 Å². The molecule has 3 N–H and O–H groups in total. The molecule has 0 saturated heterocycles. The molecule has 2 amide bonds. The van der Waals surface area contributed by atoms with Crippen molar-refractivity contribution in [2.45, 2.75) is 12.8 Å². The van der Waals surface area contributed by atoms with Gasteiger partial charge in [0.2, 0.25) is 5.91 Å². The minimum atomic E-state index is -0.309. The van der Waals surface area contributed by atoms with Gasteiger partial charge in [-0.25, -0.2) is 4.98 Å². The van der Waals surface area contributed by atoms with Gasteiger partial charge in [-0.2, -0.15) is 0 Å². The molecular formula is C12H18N4O2. The number of pyridine rings is 1. The molecule has 0 fully saturated rings. The molecule has 0 aromatic carbocycles. The molecule has 0 saturated carbocycles. The van der Waals surface area contributed by atoms with Crippen LogP contribution in [0.2, 0.25) is 0 Å². The molecule has 0 atom stereocenters. The van der Waals surface area contributed by atoms with Crippen molar-refractivity contribution in [3.8, 4) is 0 Å². The van der Waals surface area contributed by atoms with Crippen molar-refractivity contribution >= 4 is 17.6 Å². The number of carbonyl (C=O) groups excluding carboxylic acids is 2. The van der Waals surface area contributed by atoms with Crippen molar-refractivity contribution < 1.29 is 9.59 Å². The van der Waals surface area contributed by atoms with E-state index in [1.807, 2.05) is 0 Å². The standard InChI is InChI=1S/C12H18N4O2/c1-16(2)12(18)9-5-6-11(15-8-9)14-7-3-4-10(13)17/h5-6,8H,3-4,7H2,1-2H3,(H2,13,17)(H,14,15). The number of rotatable bonds is 6.